The lowest BCUT2D eigenvalue weighted by atomic mass is 10.1. The van der Waals surface area contributed by atoms with Crippen LogP contribution in [0, 0.1) is 10.1 Å². The first-order valence-corrected chi connectivity index (χ1v) is 11.8. The molecule has 0 radical (unpaired) electrons. The number of nitro benzene ring substituents is 1. The van der Waals surface area contributed by atoms with Gasteiger partial charge < -0.3 is 4.90 Å². The average molecular weight is 439 g/mol. The summed E-state index contributed by atoms with van der Waals surface area (Å²) >= 11 is 0. The minimum atomic E-state index is -3.55. The van der Waals surface area contributed by atoms with E-state index in [0.717, 1.165) is 30.5 Å². The maximum atomic E-state index is 13.2. The standard InChI is InChI=1S/C22H22N4O4S/c27-26(28)20-8-9-21(22-19(20)5-2-10-23-22)24-11-13-25(14-12-24)31(29,30)18-7-6-16-3-1-4-17(16)15-18/h2,5-10,15H,1,3-4,11-14H2. The second-order valence-electron chi connectivity index (χ2n) is 7.94. The van der Waals surface area contributed by atoms with Gasteiger partial charge in [-0.15, -0.1) is 0 Å². The van der Waals surface area contributed by atoms with E-state index in [-0.39, 0.29) is 5.69 Å². The van der Waals surface area contributed by atoms with Gasteiger partial charge in [0.25, 0.3) is 5.69 Å². The molecule has 2 heterocycles. The maximum Gasteiger partial charge on any atom is 0.278 e. The summed E-state index contributed by atoms with van der Waals surface area (Å²) in [7, 11) is -3.55. The van der Waals surface area contributed by atoms with Crippen LogP contribution in [0.15, 0.2) is 53.6 Å². The molecule has 5 rings (SSSR count). The van der Waals surface area contributed by atoms with Crippen LogP contribution < -0.4 is 4.90 Å². The van der Waals surface area contributed by atoms with Crippen LogP contribution in [0.25, 0.3) is 10.9 Å². The Labute approximate surface area is 180 Å². The lowest BCUT2D eigenvalue weighted by molar-refractivity contribution is -0.383. The summed E-state index contributed by atoms with van der Waals surface area (Å²) in [4.78, 5) is 17.7. The van der Waals surface area contributed by atoms with Crippen LogP contribution in [0.3, 0.4) is 0 Å². The number of sulfonamides is 1. The van der Waals surface area contributed by atoms with Crippen molar-refractivity contribution in [1.82, 2.24) is 9.29 Å². The van der Waals surface area contributed by atoms with E-state index in [1.54, 1.807) is 30.5 Å². The molecule has 0 unspecified atom stereocenters. The molecule has 1 aromatic heterocycles. The second-order valence-corrected chi connectivity index (χ2v) is 9.87. The third-order valence-corrected chi connectivity index (χ3v) is 8.10. The van der Waals surface area contributed by atoms with Gasteiger partial charge in [0.1, 0.15) is 5.52 Å². The fourth-order valence-corrected chi connectivity index (χ4v) is 6.06. The monoisotopic (exact) mass is 438 g/mol. The average Bonchev–Trinajstić information content (AvgIpc) is 3.26. The molecule has 0 amide bonds. The summed E-state index contributed by atoms with van der Waals surface area (Å²) in [6, 6.07) is 12.1. The predicted octanol–water partition coefficient (Wildman–Crippen LogP) is 3.14. The summed E-state index contributed by atoms with van der Waals surface area (Å²) < 4.78 is 27.9. The Kier molecular flexibility index (Phi) is 4.86. The van der Waals surface area contributed by atoms with Gasteiger partial charge in [0.05, 0.1) is 20.9 Å². The second kappa shape index (κ2) is 7.58. The van der Waals surface area contributed by atoms with E-state index in [2.05, 4.69) is 4.98 Å². The highest BCUT2D eigenvalue weighted by Gasteiger charge is 2.30. The van der Waals surface area contributed by atoms with Crippen LogP contribution in [0.2, 0.25) is 0 Å². The Morgan fingerprint density at radius 1 is 0.968 bits per heavy atom. The van der Waals surface area contributed by atoms with Gasteiger partial charge in [0, 0.05) is 38.4 Å². The third-order valence-electron chi connectivity index (χ3n) is 6.21. The zero-order chi connectivity index (χ0) is 21.6. The smallest absolute Gasteiger partial charge is 0.278 e. The Balaban J connectivity index is 1.38. The number of nitrogens with zero attached hydrogens (tertiary/aromatic N) is 4. The molecule has 2 aromatic carbocycles. The molecule has 1 aliphatic heterocycles. The molecule has 0 atom stereocenters. The molecule has 9 heteroatoms. The van der Waals surface area contributed by atoms with Crippen molar-refractivity contribution in [3.8, 4) is 0 Å². The highest BCUT2D eigenvalue weighted by molar-refractivity contribution is 7.89. The molecular weight excluding hydrogens is 416 g/mol. The molecule has 0 saturated carbocycles. The first kappa shape index (κ1) is 19.9. The summed E-state index contributed by atoms with van der Waals surface area (Å²) in [5.41, 5.74) is 3.76. The number of nitro groups is 1. The summed E-state index contributed by atoms with van der Waals surface area (Å²) in [6.45, 7) is 1.69. The lowest BCUT2D eigenvalue weighted by Gasteiger charge is -2.35. The SMILES string of the molecule is O=[N+]([O-])c1ccc(N2CCN(S(=O)(=O)c3ccc4c(c3)CCC4)CC2)c2ncccc12. The topological polar surface area (TPSA) is 96.6 Å². The van der Waals surface area contributed by atoms with Crippen LogP contribution in [0.1, 0.15) is 17.5 Å². The zero-order valence-electron chi connectivity index (χ0n) is 16.9. The van der Waals surface area contributed by atoms with Crippen molar-refractivity contribution in [2.45, 2.75) is 24.2 Å². The van der Waals surface area contributed by atoms with Crippen molar-refractivity contribution in [3.05, 3.63) is 69.9 Å². The van der Waals surface area contributed by atoms with Gasteiger partial charge in [0.2, 0.25) is 10.0 Å². The van der Waals surface area contributed by atoms with Crippen LogP contribution >= 0.6 is 0 Å². The van der Waals surface area contributed by atoms with E-state index < -0.39 is 14.9 Å². The van der Waals surface area contributed by atoms with Crippen molar-refractivity contribution >= 4 is 32.3 Å². The summed E-state index contributed by atoms with van der Waals surface area (Å²) in [5.74, 6) is 0. The maximum absolute atomic E-state index is 13.2. The number of aromatic nitrogens is 1. The Morgan fingerprint density at radius 2 is 1.74 bits per heavy atom. The quantitative estimate of drug-likeness (QED) is 0.459. The summed E-state index contributed by atoms with van der Waals surface area (Å²) in [6.07, 6.45) is 4.65. The van der Waals surface area contributed by atoms with E-state index in [1.807, 2.05) is 17.0 Å². The Hall–Kier alpha value is -3.04. The molecule has 31 heavy (non-hydrogen) atoms. The first-order chi connectivity index (χ1) is 14.9. The molecule has 0 bridgehead atoms. The summed E-state index contributed by atoms with van der Waals surface area (Å²) in [5, 5.41) is 11.8. The predicted molar refractivity (Wildman–Crippen MR) is 118 cm³/mol. The number of benzene rings is 2. The fourth-order valence-electron chi connectivity index (χ4n) is 4.58. The zero-order valence-corrected chi connectivity index (χ0v) is 17.7. The number of anilines is 1. The molecule has 3 aromatic rings. The highest BCUT2D eigenvalue weighted by Crippen LogP contribution is 2.33. The van der Waals surface area contributed by atoms with Crippen LogP contribution in [-0.4, -0.2) is 48.8 Å². The first-order valence-electron chi connectivity index (χ1n) is 10.3. The number of hydrogen-bond donors (Lipinski definition) is 0. The molecular formula is C22H22N4O4S. The van der Waals surface area contributed by atoms with E-state index >= 15 is 0 Å². The fraction of sp³-hybridized carbons (Fsp3) is 0.318. The Morgan fingerprint density at radius 3 is 2.52 bits per heavy atom. The Bertz CT molecular complexity index is 1280. The number of piperazine rings is 1. The molecule has 0 N–H and O–H groups in total. The molecule has 1 saturated heterocycles. The molecule has 160 valence electrons. The molecule has 8 nitrogen and oxygen atoms in total. The molecule has 1 aliphatic carbocycles. The normalized spacial score (nSPS) is 17.1. The van der Waals surface area contributed by atoms with E-state index in [0.29, 0.717) is 42.0 Å². The van der Waals surface area contributed by atoms with Crippen molar-refractivity contribution < 1.29 is 13.3 Å². The highest BCUT2D eigenvalue weighted by atomic mass is 32.2. The van der Waals surface area contributed by atoms with Gasteiger partial charge >= 0.3 is 0 Å². The lowest BCUT2D eigenvalue weighted by Crippen LogP contribution is -2.48. The van der Waals surface area contributed by atoms with Crippen molar-refractivity contribution in [1.29, 1.82) is 0 Å². The van der Waals surface area contributed by atoms with E-state index in [4.69, 9.17) is 0 Å². The number of pyridine rings is 1. The minimum Gasteiger partial charge on any atom is -0.367 e. The minimum absolute atomic E-state index is 0.0182. The van der Waals surface area contributed by atoms with Crippen LogP contribution in [0.5, 0.6) is 0 Å². The van der Waals surface area contributed by atoms with Gasteiger partial charge in [-0.3, -0.25) is 15.1 Å². The molecule has 0 spiro atoms. The van der Waals surface area contributed by atoms with Gasteiger partial charge in [-0.2, -0.15) is 4.31 Å². The van der Waals surface area contributed by atoms with Crippen molar-refractivity contribution in [3.63, 3.8) is 0 Å². The largest absolute Gasteiger partial charge is 0.367 e. The van der Waals surface area contributed by atoms with Gasteiger partial charge in [0.15, 0.2) is 0 Å². The van der Waals surface area contributed by atoms with Crippen LogP contribution in [-0.2, 0) is 22.9 Å². The number of non-ortho nitro benzene ring substituents is 1. The van der Waals surface area contributed by atoms with E-state index in [9.17, 15) is 18.5 Å². The van der Waals surface area contributed by atoms with Gasteiger partial charge in [-0.1, -0.05) is 6.07 Å². The van der Waals surface area contributed by atoms with E-state index in [1.165, 1.54) is 15.9 Å². The van der Waals surface area contributed by atoms with Gasteiger partial charge in [-0.05, 0) is 60.7 Å². The number of aryl methyl sites for hydroxylation is 2. The third kappa shape index (κ3) is 3.43. The number of fused-ring (bicyclic) bond motifs is 2. The number of hydrogen-bond acceptors (Lipinski definition) is 6. The molecule has 2 aliphatic rings. The number of rotatable bonds is 4. The van der Waals surface area contributed by atoms with Crippen LogP contribution in [0.4, 0.5) is 11.4 Å². The van der Waals surface area contributed by atoms with Crippen molar-refractivity contribution in [2.24, 2.45) is 0 Å². The van der Waals surface area contributed by atoms with Crippen molar-refractivity contribution in [2.75, 3.05) is 31.1 Å². The van der Waals surface area contributed by atoms with Gasteiger partial charge in [-0.25, -0.2) is 8.42 Å². The molecule has 1 fully saturated rings.